The highest BCUT2D eigenvalue weighted by molar-refractivity contribution is 5.94. The number of carbonyl (C=O) groups is 1. The number of hydrogen-bond donors (Lipinski definition) is 2. The highest BCUT2D eigenvalue weighted by atomic mass is 16.3. The van der Waals surface area contributed by atoms with E-state index < -0.39 is 0 Å². The Morgan fingerprint density at radius 2 is 2.29 bits per heavy atom. The van der Waals surface area contributed by atoms with Crippen LogP contribution in [0.3, 0.4) is 0 Å². The van der Waals surface area contributed by atoms with Crippen molar-refractivity contribution in [2.45, 2.75) is 25.0 Å². The lowest BCUT2D eigenvalue weighted by Crippen LogP contribution is -2.41. The van der Waals surface area contributed by atoms with Gasteiger partial charge in [-0.2, -0.15) is 5.10 Å². The molecule has 0 radical (unpaired) electrons. The molecule has 0 aromatic carbocycles. The second-order valence-electron chi connectivity index (χ2n) is 5.53. The molecule has 1 saturated carbocycles. The third kappa shape index (κ3) is 2.95. The molecule has 6 nitrogen and oxygen atoms in total. The first-order valence-corrected chi connectivity index (χ1v) is 7.01. The van der Waals surface area contributed by atoms with E-state index in [0.29, 0.717) is 18.4 Å². The summed E-state index contributed by atoms with van der Waals surface area (Å²) in [6.45, 7) is 0. The maximum absolute atomic E-state index is 12.3. The van der Waals surface area contributed by atoms with Crippen LogP contribution in [0.15, 0.2) is 36.9 Å². The van der Waals surface area contributed by atoms with Crippen molar-refractivity contribution < 1.29 is 9.90 Å². The first-order valence-electron chi connectivity index (χ1n) is 7.01. The van der Waals surface area contributed by atoms with Gasteiger partial charge in [0.1, 0.15) is 0 Å². The molecule has 1 aliphatic carbocycles. The Kier molecular flexibility index (Phi) is 3.70. The minimum absolute atomic E-state index is 0.130. The smallest absolute Gasteiger partial charge is 0.253 e. The second kappa shape index (κ2) is 5.65. The predicted octanol–water partition coefficient (Wildman–Crippen LogP) is 1.06. The zero-order valence-corrected chi connectivity index (χ0v) is 11.8. The lowest BCUT2D eigenvalue weighted by Gasteiger charge is -2.37. The fraction of sp³-hybridized carbons (Fsp3) is 0.400. The van der Waals surface area contributed by atoms with E-state index in [0.717, 1.165) is 5.56 Å². The number of rotatable bonds is 4. The highest BCUT2D eigenvalue weighted by Gasteiger charge is 2.36. The summed E-state index contributed by atoms with van der Waals surface area (Å²) in [7, 11) is 1.85. The van der Waals surface area contributed by atoms with Crippen molar-refractivity contribution in [2.24, 2.45) is 13.0 Å². The Hall–Kier alpha value is -2.21. The van der Waals surface area contributed by atoms with Crippen molar-refractivity contribution in [3.63, 3.8) is 0 Å². The molecule has 21 heavy (non-hydrogen) atoms. The number of nitrogens with one attached hydrogen (secondary N) is 1. The lowest BCUT2D eigenvalue weighted by atomic mass is 9.75. The van der Waals surface area contributed by atoms with E-state index in [4.69, 9.17) is 0 Å². The van der Waals surface area contributed by atoms with Crippen LogP contribution >= 0.6 is 0 Å². The highest BCUT2D eigenvalue weighted by Crippen LogP contribution is 2.38. The van der Waals surface area contributed by atoms with Gasteiger partial charge in [-0.3, -0.25) is 14.5 Å². The van der Waals surface area contributed by atoms with Crippen LogP contribution in [0, 0.1) is 5.92 Å². The molecule has 0 spiro atoms. The van der Waals surface area contributed by atoms with Gasteiger partial charge in [0, 0.05) is 31.2 Å². The first-order chi connectivity index (χ1) is 10.1. The van der Waals surface area contributed by atoms with E-state index in [9.17, 15) is 9.90 Å². The summed E-state index contributed by atoms with van der Waals surface area (Å²) in [4.78, 5) is 16.3. The summed E-state index contributed by atoms with van der Waals surface area (Å²) in [5, 5.41) is 16.7. The summed E-state index contributed by atoms with van der Waals surface area (Å²) < 4.78 is 1.72. The van der Waals surface area contributed by atoms with Crippen LogP contribution in [0.5, 0.6) is 0 Å². The number of amides is 1. The summed E-state index contributed by atoms with van der Waals surface area (Å²) in [5.41, 5.74) is 1.50. The second-order valence-corrected chi connectivity index (χ2v) is 5.53. The maximum Gasteiger partial charge on any atom is 0.253 e. The van der Waals surface area contributed by atoms with Gasteiger partial charge in [0.2, 0.25) is 0 Å². The average molecular weight is 286 g/mol. The quantitative estimate of drug-likeness (QED) is 0.880. The topological polar surface area (TPSA) is 80.0 Å². The number of nitrogens with zero attached hydrogens (tertiary/aromatic N) is 3. The Balaban J connectivity index is 1.78. The van der Waals surface area contributed by atoms with E-state index in [-0.39, 0.29) is 24.0 Å². The molecule has 2 aromatic heterocycles. The Labute approximate surface area is 122 Å². The monoisotopic (exact) mass is 286 g/mol. The Morgan fingerprint density at radius 1 is 1.48 bits per heavy atom. The minimum atomic E-state index is -0.260. The molecular formula is C15H18N4O2. The van der Waals surface area contributed by atoms with Crippen LogP contribution in [-0.4, -0.2) is 31.9 Å². The zero-order valence-electron chi connectivity index (χ0n) is 11.8. The van der Waals surface area contributed by atoms with Crippen LogP contribution < -0.4 is 5.32 Å². The van der Waals surface area contributed by atoms with E-state index in [1.165, 1.54) is 0 Å². The largest absolute Gasteiger partial charge is 0.393 e. The molecule has 0 bridgehead atoms. The van der Waals surface area contributed by atoms with Crippen molar-refractivity contribution in [1.29, 1.82) is 0 Å². The summed E-state index contributed by atoms with van der Waals surface area (Å²) in [5.74, 6) is 0.0863. The predicted molar refractivity (Wildman–Crippen MR) is 76.4 cm³/mol. The fourth-order valence-corrected chi connectivity index (χ4v) is 2.70. The van der Waals surface area contributed by atoms with Crippen LogP contribution in [0.4, 0.5) is 0 Å². The minimum Gasteiger partial charge on any atom is -0.393 e. The Bertz CT molecular complexity index is 620. The van der Waals surface area contributed by atoms with Crippen molar-refractivity contribution in [3.8, 4) is 0 Å². The van der Waals surface area contributed by atoms with Crippen LogP contribution in [0.2, 0.25) is 0 Å². The van der Waals surface area contributed by atoms with Gasteiger partial charge in [0.05, 0.1) is 23.9 Å². The number of carbonyl (C=O) groups excluding carboxylic acids is 1. The molecule has 3 rings (SSSR count). The van der Waals surface area contributed by atoms with Gasteiger partial charge in [-0.15, -0.1) is 0 Å². The molecule has 1 fully saturated rings. The molecule has 1 unspecified atom stereocenters. The standard InChI is InChI=1S/C15H18N4O2/c1-19-9-12(8-17-19)14(11-5-13(20)6-11)18-15(21)10-3-2-4-16-7-10/h2-4,7-9,11,13-14,20H,5-6H2,1H3,(H,18,21). The molecule has 1 amide bonds. The van der Waals surface area contributed by atoms with Crippen molar-refractivity contribution in [3.05, 3.63) is 48.0 Å². The van der Waals surface area contributed by atoms with Crippen LogP contribution in [0.25, 0.3) is 0 Å². The molecule has 2 heterocycles. The number of aliphatic hydroxyl groups excluding tert-OH is 1. The number of pyridine rings is 1. The molecule has 2 N–H and O–H groups in total. The van der Waals surface area contributed by atoms with Gasteiger partial charge in [-0.25, -0.2) is 0 Å². The maximum atomic E-state index is 12.3. The van der Waals surface area contributed by atoms with Crippen LogP contribution in [0.1, 0.15) is 34.8 Å². The fourth-order valence-electron chi connectivity index (χ4n) is 2.70. The van der Waals surface area contributed by atoms with E-state index in [1.54, 1.807) is 35.4 Å². The number of aliphatic hydroxyl groups is 1. The molecule has 1 aliphatic rings. The van der Waals surface area contributed by atoms with Crippen molar-refractivity contribution >= 4 is 5.91 Å². The van der Waals surface area contributed by atoms with E-state index >= 15 is 0 Å². The third-order valence-electron chi connectivity index (χ3n) is 3.92. The van der Waals surface area contributed by atoms with Gasteiger partial charge in [-0.1, -0.05) is 0 Å². The van der Waals surface area contributed by atoms with Crippen molar-refractivity contribution in [2.75, 3.05) is 0 Å². The van der Waals surface area contributed by atoms with Crippen molar-refractivity contribution in [1.82, 2.24) is 20.1 Å². The first kappa shape index (κ1) is 13.8. The molecule has 6 heteroatoms. The number of aryl methyl sites for hydroxylation is 1. The Morgan fingerprint density at radius 3 is 2.86 bits per heavy atom. The molecule has 0 saturated heterocycles. The van der Waals surface area contributed by atoms with E-state index in [1.807, 2.05) is 13.2 Å². The molecule has 2 aromatic rings. The van der Waals surface area contributed by atoms with Crippen LogP contribution in [-0.2, 0) is 7.05 Å². The number of aromatic nitrogens is 3. The summed E-state index contributed by atoms with van der Waals surface area (Å²) in [6.07, 6.45) is 7.99. The lowest BCUT2D eigenvalue weighted by molar-refractivity contribution is 0.0235. The summed E-state index contributed by atoms with van der Waals surface area (Å²) >= 11 is 0. The van der Waals surface area contributed by atoms with Gasteiger partial charge in [0.15, 0.2) is 0 Å². The van der Waals surface area contributed by atoms with Gasteiger partial charge < -0.3 is 10.4 Å². The third-order valence-corrected chi connectivity index (χ3v) is 3.92. The van der Waals surface area contributed by atoms with Gasteiger partial charge in [-0.05, 0) is 30.9 Å². The normalized spacial score (nSPS) is 22.4. The van der Waals surface area contributed by atoms with E-state index in [2.05, 4.69) is 15.4 Å². The SMILES string of the molecule is Cn1cc(C(NC(=O)c2cccnc2)C2CC(O)C2)cn1. The zero-order chi connectivity index (χ0) is 14.8. The van der Waals surface area contributed by atoms with Gasteiger partial charge in [0.25, 0.3) is 5.91 Å². The number of hydrogen-bond acceptors (Lipinski definition) is 4. The molecule has 0 aliphatic heterocycles. The molecule has 110 valence electrons. The summed E-state index contributed by atoms with van der Waals surface area (Å²) in [6, 6.07) is 3.34. The molecule has 1 atom stereocenters. The van der Waals surface area contributed by atoms with Gasteiger partial charge >= 0.3 is 0 Å². The average Bonchev–Trinajstić information content (AvgIpc) is 2.89. The molecular weight excluding hydrogens is 268 g/mol.